The minimum absolute atomic E-state index is 0.00515. The number of carboxylic acids is 1. The average molecular weight is 336 g/mol. The molecule has 0 saturated heterocycles. The van der Waals surface area contributed by atoms with E-state index in [9.17, 15) is 9.90 Å². The molecule has 4 heteroatoms. The molecule has 1 atom stereocenters. The summed E-state index contributed by atoms with van der Waals surface area (Å²) in [6.45, 7) is 2.24. The Morgan fingerprint density at radius 1 is 1.00 bits per heavy atom. The summed E-state index contributed by atoms with van der Waals surface area (Å²) in [6.07, 6.45) is 20.0. The zero-order chi connectivity index (χ0) is 17.6. The van der Waals surface area contributed by atoms with Gasteiger partial charge in [-0.1, -0.05) is 89.4 Å². The Morgan fingerprint density at radius 2 is 1.58 bits per heavy atom. The fraction of sp³-hybridized carbons (Fsp3) is 0.650. The number of carbonyl (C=O) groups is 1. The Hall–Kier alpha value is -1.55. The molecule has 2 N–H and O–H groups in total. The number of aliphatic hydroxyl groups excluding tert-OH is 1. The van der Waals surface area contributed by atoms with Gasteiger partial charge in [0.05, 0.1) is 6.10 Å². The van der Waals surface area contributed by atoms with E-state index in [0.717, 1.165) is 12.8 Å². The normalized spacial score (nSPS) is 15.2. The maximum Gasteiger partial charge on any atom is 0.375 e. The summed E-state index contributed by atoms with van der Waals surface area (Å²) in [5.41, 5.74) is 0. The number of rotatable bonds is 15. The summed E-state index contributed by atoms with van der Waals surface area (Å²) in [4.78, 5) is 10.5. The number of unbranched alkanes of at least 4 members (excludes halogenated alkanes) is 9. The maximum absolute atomic E-state index is 10.5. The zero-order valence-electron chi connectivity index (χ0n) is 14.9. The number of aliphatic hydroxyl groups is 1. The first-order valence-electron chi connectivity index (χ1n) is 9.33. The van der Waals surface area contributed by atoms with Gasteiger partial charge < -0.3 is 14.9 Å². The summed E-state index contributed by atoms with van der Waals surface area (Å²) in [5.74, 6) is -0.651. The zero-order valence-corrected chi connectivity index (χ0v) is 14.9. The molecule has 0 amide bonds. The van der Waals surface area contributed by atoms with Crippen molar-refractivity contribution in [1.82, 2.24) is 0 Å². The summed E-state index contributed by atoms with van der Waals surface area (Å²) in [6, 6.07) is 0. The second-order valence-corrected chi connectivity index (χ2v) is 6.38. The lowest BCUT2D eigenvalue weighted by Gasteiger charge is -2.05. The summed E-state index contributed by atoms with van der Waals surface area (Å²) >= 11 is 0. The number of allylic oxidation sites excluding steroid dienone is 3. The lowest BCUT2D eigenvalue weighted by molar-refractivity contribution is -0.133. The molecule has 0 unspecified atom stereocenters. The predicted octanol–water partition coefficient (Wildman–Crippen LogP) is 5.10. The van der Waals surface area contributed by atoms with Gasteiger partial charge >= 0.3 is 5.97 Å². The van der Waals surface area contributed by atoms with E-state index < -0.39 is 12.1 Å². The molecule has 1 heterocycles. The first kappa shape index (κ1) is 20.5. The van der Waals surface area contributed by atoms with Crippen LogP contribution in [0.5, 0.6) is 0 Å². The van der Waals surface area contributed by atoms with E-state index in [2.05, 4.69) is 6.92 Å². The molecule has 1 rings (SSSR count). The van der Waals surface area contributed by atoms with E-state index in [-0.39, 0.29) is 5.76 Å². The highest BCUT2D eigenvalue weighted by Crippen LogP contribution is 2.26. The summed E-state index contributed by atoms with van der Waals surface area (Å²) < 4.78 is 4.77. The molecule has 1 aliphatic heterocycles. The van der Waals surface area contributed by atoms with Crippen molar-refractivity contribution in [3.8, 4) is 0 Å². The number of hydrogen-bond acceptors (Lipinski definition) is 3. The summed E-state index contributed by atoms with van der Waals surface area (Å²) in [5, 5.41) is 18.5. The number of aliphatic carboxylic acids is 1. The predicted molar refractivity (Wildman–Crippen MR) is 96.5 cm³/mol. The molecular weight excluding hydrogens is 304 g/mol. The van der Waals surface area contributed by atoms with Gasteiger partial charge in [0, 0.05) is 0 Å². The fourth-order valence-corrected chi connectivity index (χ4v) is 2.62. The number of carboxylic acid groups (broad SMARTS) is 1. The Morgan fingerprint density at radius 3 is 2.12 bits per heavy atom. The van der Waals surface area contributed by atoms with Crippen molar-refractivity contribution < 1.29 is 19.7 Å². The van der Waals surface area contributed by atoms with Crippen LogP contribution in [0.25, 0.3) is 0 Å². The molecule has 0 aromatic heterocycles. The van der Waals surface area contributed by atoms with E-state index in [1.165, 1.54) is 57.8 Å². The first-order chi connectivity index (χ1) is 11.6. The number of hydrogen-bond donors (Lipinski definition) is 2. The van der Waals surface area contributed by atoms with Crippen LogP contribution in [0.1, 0.15) is 77.6 Å². The SMILES string of the molecule is CCCCCCCCCCCC[C@@H](O)C=CC=CC1=C(C(=O)O)O1. The van der Waals surface area contributed by atoms with Gasteiger partial charge in [0.1, 0.15) is 0 Å². The van der Waals surface area contributed by atoms with E-state index in [0.29, 0.717) is 5.76 Å². The van der Waals surface area contributed by atoms with E-state index in [1.54, 1.807) is 24.3 Å². The molecule has 0 fully saturated rings. The van der Waals surface area contributed by atoms with Gasteiger partial charge in [0.2, 0.25) is 0 Å². The lowest BCUT2D eigenvalue weighted by atomic mass is 10.0. The highest BCUT2D eigenvalue weighted by molar-refractivity contribution is 5.89. The molecule has 24 heavy (non-hydrogen) atoms. The van der Waals surface area contributed by atoms with Crippen LogP contribution >= 0.6 is 0 Å². The molecular formula is C20H32O4. The van der Waals surface area contributed by atoms with Crippen molar-refractivity contribution in [3.63, 3.8) is 0 Å². The van der Waals surface area contributed by atoms with Crippen LogP contribution in [0.15, 0.2) is 35.8 Å². The molecule has 0 saturated carbocycles. The van der Waals surface area contributed by atoms with Gasteiger partial charge in [-0.05, 0) is 12.5 Å². The van der Waals surface area contributed by atoms with Crippen molar-refractivity contribution in [3.05, 3.63) is 35.8 Å². The highest BCUT2D eigenvalue weighted by atomic mass is 16.6. The van der Waals surface area contributed by atoms with Gasteiger partial charge in [0.25, 0.3) is 5.76 Å². The molecule has 1 aliphatic rings. The van der Waals surface area contributed by atoms with Crippen LogP contribution in [0.4, 0.5) is 0 Å². The largest absolute Gasteiger partial charge is 0.475 e. The molecule has 0 aromatic rings. The van der Waals surface area contributed by atoms with E-state index in [1.807, 2.05) is 0 Å². The van der Waals surface area contributed by atoms with Gasteiger partial charge in [-0.15, -0.1) is 0 Å². The molecule has 0 radical (unpaired) electrons. The van der Waals surface area contributed by atoms with Gasteiger partial charge in [-0.3, -0.25) is 0 Å². The van der Waals surface area contributed by atoms with Gasteiger partial charge in [-0.2, -0.15) is 0 Å². The maximum atomic E-state index is 10.5. The van der Waals surface area contributed by atoms with Crippen LogP contribution < -0.4 is 0 Å². The molecule has 0 aliphatic carbocycles. The van der Waals surface area contributed by atoms with Crippen molar-refractivity contribution >= 4 is 5.97 Å². The second-order valence-electron chi connectivity index (χ2n) is 6.38. The van der Waals surface area contributed by atoms with Crippen LogP contribution in [0.2, 0.25) is 0 Å². The monoisotopic (exact) mass is 336 g/mol. The van der Waals surface area contributed by atoms with E-state index >= 15 is 0 Å². The van der Waals surface area contributed by atoms with Crippen LogP contribution in [0, 0.1) is 0 Å². The van der Waals surface area contributed by atoms with Crippen molar-refractivity contribution in [1.29, 1.82) is 0 Å². The Balaban J connectivity index is 1.93. The lowest BCUT2D eigenvalue weighted by Crippen LogP contribution is -2.01. The van der Waals surface area contributed by atoms with Crippen molar-refractivity contribution in [2.75, 3.05) is 0 Å². The first-order valence-corrected chi connectivity index (χ1v) is 9.33. The quantitative estimate of drug-likeness (QED) is 0.322. The Bertz CT molecular complexity index is 449. The topological polar surface area (TPSA) is 70.1 Å². The fourth-order valence-electron chi connectivity index (χ4n) is 2.62. The molecule has 4 nitrogen and oxygen atoms in total. The number of ether oxygens (including phenoxy) is 1. The van der Waals surface area contributed by atoms with Crippen LogP contribution in [-0.4, -0.2) is 22.3 Å². The third-order valence-corrected chi connectivity index (χ3v) is 4.13. The standard InChI is InChI=1S/C20H32O4/c1-2-3-4-5-6-7-8-9-10-11-14-17(21)15-12-13-16-18-19(24-18)20(22)23/h12-13,15-17,21H,2-11,14H2,1H3,(H,22,23)/t17-/m1/s1. The Labute approximate surface area is 145 Å². The van der Waals surface area contributed by atoms with Gasteiger partial charge in [-0.25, -0.2) is 4.79 Å². The Kier molecular flexibility index (Phi) is 10.9. The third-order valence-electron chi connectivity index (χ3n) is 4.13. The van der Waals surface area contributed by atoms with Crippen LogP contribution in [0.3, 0.4) is 0 Å². The highest BCUT2D eigenvalue weighted by Gasteiger charge is 2.29. The molecule has 136 valence electrons. The average Bonchev–Trinajstić information content (AvgIpc) is 3.33. The minimum Gasteiger partial charge on any atom is -0.475 e. The molecule has 0 aromatic carbocycles. The second kappa shape index (κ2) is 12.8. The minimum atomic E-state index is -1.04. The molecule has 0 spiro atoms. The van der Waals surface area contributed by atoms with Crippen molar-refractivity contribution in [2.24, 2.45) is 0 Å². The smallest absolute Gasteiger partial charge is 0.375 e. The van der Waals surface area contributed by atoms with Gasteiger partial charge in [0.15, 0.2) is 5.76 Å². The summed E-state index contributed by atoms with van der Waals surface area (Å²) in [7, 11) is 0. The molecule has 0 bridgehead atoms. The third kappa shape index (κ3) is 10.3. The van der Waals surface area contributed by atoms with Crippen molar-refractivity contribution in [2.45, 2.75) is 83.7 Å². The van der Waals surface area contributed by atoms with Crippen LogP contribution in [-0.2, 0) is 9.53 Å². The van der Waals surface area contributed by atoms with E-state index in [4.69, 9.17) is 9.84 Å².